The number of nitrogens with zero attached hydrogens (tertiary/aromatic N) is 7. The maximum absolute atomic E-state index is 14.0. The number of amides is 1. The van der Waals surface area contributed by atoms with Gasteiger partial charge >= 0.3 is 0 Å². The maximum atomic E-state index is 14.0. The van der Waals surface area contributed by atoms with Gasteiger partial charge in [0.05, 0.1) is 30.0 Å². The second-order valence-electron chi connectivity index (χ2n) is 14.6. The lowest BCUT2D eigenvalue weighted by Gasteiger charge is -2.52. The molecular weight excluding hydrogens is 586 g/mol. The number of rotatable bonds is 8. The fourth-order valence-electron chi connectivity index (χ4n) is 9.16. The standard InChI is InChI=1S/C38H37N7O2/c1-47-33-15-27(38(46)44-21-28-11-26-14-31(44)34(26)28)12-30-35(33)45(20-24-17-42(18-24)29-8-6-22(16-39)7-9-29)37(41-30)32-13-25-3-2-10-40-36(25)43(32)19-23-4-5-23/h2-3,6-10,12-13,15,23-24,26,28,31,34H,4-5,11,14,17-21H2,1H3/t26?,28?,31?,34-/m1/s1. The van der Waals surface area contributed by atoms with E-state index in [1.54, 1.807) is 7.11 Å². The van der Waals surface area contributed by atoms with Crippen LogP contribution in [0.5, 0.6) is 5.75 Å². The van der Waals surface area contributed by atoms with Crippen LogP contribution in [-0.4, -0.2) is 62.7 Å². The van der Waals surface area contributed by atoms with E-state index in [0.29, 0.717) is 40.7 Å². The number of hydrogen-bond donors (Lipinski definition) is 0. The smallest absolute Gasteiger partial charge is 0.254 e. The van der Waals surface area contributed by atoms with Crippen LogP contribution in [0.3, 0.4) is 0 Å². The van der Waals surface area contributed by atoms with E-state index in [4.69, 9.17) is 14.7 Å². The summed E-state index contributed by atoms with van der Waals surface area (Å²) >= 11 is 0. The van der Waals surface area contributed by atoms with Gasteiger partial charge < -0.3 is 23.7 Å². The molecule has 9 heteroatoms. The van der Waals surface area contributed by atoms with Gasteiger partial charge in [-0.05, 0) is 104 Å². The third-order valence-corrected chi connectivity index (χ3v) is 11.8. The van der Waals surface area contributed by atoms with Crippen LogP contribution >= 0.6 is 0 Å². The number of hydrogen-bond acceptors (Lipinski definition) is 6. The molecule has 5 heterocycles. The van der Waals surface area contributed by atoms with Crippen LogP contribution in [0.1, 0.15) is 41.6 Å². The van der Waals surface area contributed by atoms with Crippen molar-refractivity contribution in [3.05, 3.63) is 71.9 Å². The predicted octanol–water partition coefficient (Wildman–Crippen LogP) is 5.96. The minimum Gasteiger partial charge on any atom is -0.494 e. The Kier molecular flexibility index (Phi) is 5.85. The van der Waals surface area contributed by atoms with Crippen molar-refractivity contribution < 1.29 is 9.53 Å². The summed E-state index contributed by atoms with van der Waals surface area (Å²) in [6, 6.07) is 20.8. The minimum atomic E-state index is 0.114. The molecule has 1 amide bonds. The number of pyridine rings is 1. The normalized spacial score (nSPS) is 24.5. The van der Waals surface area contributed by atoms with Crippen molar-refractivity contribution in [2.24, 2.45) is 29.6 Å². The molecule has 0 radical (unpaired) electrons. The van der Waals surface area contributed by atoms with E-state index in [1.165, 1.54) is 19.3 Å². The lowest BCUT2D eigenvalue weighted by molar-refractivity contribution is -0.0204. The Morgan fingerprint density at radius 2 is 1.81 bits per heavy atom. The average Bonchev–Trinajstić information content (AvgIpc) is 3.72. The molecule has 10 rings (SSSR count). The monoisotopic (exact) mass is 623 g/mol. The minimum absolute atomic E-state index is 0.114. The Morgan fingerprint density at radius 1 is 0.979 bits per heavy atom. The van der Waals surface area contributed by atoms with Crippen molar-refractivity contribution in [3.8, 4) is 23.3 Å². The third kappa shape index (κ3) is 4.16. The Bertz CT molecular complexity index is 2110. The molecule has 3 aromatic heterocycles. The molecule has 3 unspecified atom stereocenters. The summed E-state index contributed by atoms with van der Waals surface area (Å²) in [7, 11) is 1.70. The molecule has 3 aliphatic carbocycles. The van der Waals surface area contributed by atoms with E-state index in [9.17, 15) is 10.1 Å². The van der Waals surface area contributed by atoms with E-state index < -0.39 is 0 Å². The largest absolute Gasteiger partial charge is 0.494 e. The van der Waals surface area contributed by atoms with Gasteiger partial charge in [0.25, 0.3) is 5.91 Å². The highest BCUT2D eigenvalue weighted by Gasteiger charge is 2.61. The quantitative estimate of drug-likeness (QED) is 0.212. The fourth-order valence-corrected chi connectivity index (χ4v) is 9.16. The average molecular weight is 624 g/mol. The van der Waals surface area contributed by atoms with Gasteiger partial charge in [-0.2, -0.15) is 5.26 Å². The number of benzene rings is 2. The Labute approximate surface area is 273 Å². The van der Waals surface area contributed by atoms with Gasteiger partial charge in [-0.15, -0.1) is 0 Å². The van der Waals surface area contributed by atoms with Crippen LogP contribution in [0.15, 0.2) is 60.8 Å². The first kappa shape index (κ1) is 27.3. The summed E-state index contributed by atoms with van der Waals surface area (Å²) < 4.78 is 10.8. The molecule has 2 aliphatic heterocycles. The fraction of sp³-hybridized carbons (Fsp3) is 0.421. The highest BCUT2D eigenvalue weighted by Crippen LogP contribution is 2.60. The third-order valence-electron chi connectivity index (χ3n) is 11.8. The molecule has 4 atom stereocenters. The molecule has 47 heavy (non-hydrogen) atoms. The molecule has 5 aromatic rings. The van der Waals surface area contributed by atoms with Gasteiger partial charge in [-0.1, -0.05) is 0 Å². The molecule has 3 saturated carbocycles. The van der Waals surface area contributed by atoms with Crippen molar-refractivity contribution >= 4 is 33.7 Å². The topological polar surface area (TPSA) is 92.2 Å². The zero-order chi connectivity index (χ0) is 31.4. The van der Waals surface area contributed by atoms with E-state index >= 15 is 0 Å². The molecule has 5 fully saturated rings. The van der Waals surface area contributed by atoms with Crippen molar-refractivity contribution in [2.75, 3.05) is 31.6 Å². The lowest BCUT2D eigenvalue weighted by Crippen LogP contribution is -2.53. The van der Waals surface area contributed by atoms with E-state index in [-0.39, 0.29) is 5.91 Å². The molecule has 0 N–H and O–H groups in total. The highest BCUT2D eigenvalue weighted by molar-refractivity contribution is 6.00. The van der Waals surface area contributed by atoms with Gasteiger partial charge in [0.2, 0.25) is 0 Å². The van der Waals surface area contributed by atoms with Crippen LogP contribution in [0.25, 0.3) is 33.6 Å². The number of imidazole rings is 1. The summed E-state index contributed by atoms with van der Waals surface area (Å²) in [5.41, 5.74) is 6.29. The molecule has 2 aromatic carbocycles. The molecule has 9 nitrogen and oxygen atoms in total. The van der Waals surface area contributed by atoms with E-state index in [2.05, 4.69) is 37.1 Å². The number of methoxy groups -OCH3 is 1. The number of carbonyl (C=O) groups is 1. The number of ether oxygens (including phenoxy) is 1. The zero-order valence-electron chi connectivity index (χ0n) is 26.5. The van der Waals surface area contributed by atoms with Crippen molar-refractivity contribution in [3.63, 3.8) is 0 Å². The number of fused-ring (bicyclic) bond motifs is 2. The molecule has 0 bridgehead atoms. The van der Waals surface area contributed by atoms with Gasteiger partial charge in [0.15, 0.2) is 5.82 Å². The van der Waals surface area contributed by atoms with E-state index in [0.717, 1.165) is 90.3 Å². The van der Waals surface area contributed by atoms with Gasteiger partial charge in [-0.25, -0.2) is 9.97 Å². The van der Waals surface area contributed by atoms with Crippen LogP contribution in [0.2, 0.25) is 0 Å². The van der Waals surface area contributed by atoms with Crippen molar-refractivity contribution in [1.29, 1.82) is 5.26 Å². The first-order valence-electron chi connectivity index (χ1n) is 17.1. The Morgan fingerprint density at radius 3 is 2.55 bits per heavy atom. The van der Waals surface area contributed by atoms with Gasteiger partial charge in [0, 0.05) is 67.5 Å². The van der Waals surface area contributed by atoms with Gasteiger partial charge in [0.1, 0.15) is 16.9 Å². The van der Waals surface area contributed by atoms with Crippen LogP contribution in [0.4, 0.5) is 5.69 Å². The first-order chi connectivity index (χ1) is 23.1. The van der Waals surface area contributed by atoms with Crippen molar-refractivity contribution in [1.82, 2.24) is 24.0 Å². The zero-order valence-corrected chi connectivity index (χ0v) is 26.5. The number of carbonyl (C=O) groups excluding carboxylic acids is 1. The number of anilines is 1. The summed E-state index contributed by atoms with van der Waals surface area (Å²) in [6.07, 6.45) is 6.81. The molecule has 2 saturated heterocycles. The van der Waals surface area contributed by atoms with Gasteiger partial charge in [-0.3, -0.25) is 4.79 Å². The van der Waals surface area contributed by atoms with E-state index in [1.807, 2.05) is 48.7 Å². The molecule has 236 valence electrons. The van der Waals surface area contributed by atoms with Crippen LogP contribution < -0.4 is 9.64 Å². The second kappa shape index (κ2) is 10.1. The number of likely N-dealkylation sites (tertiary alicyclic amines) is 1. The summed E-state index contributed by atoms with van der Waals surface area (Å²) in [4.78, 5) is 28.7. The predicted molar refractivity (Wildman–Crippen MR) is 179 cm³/mol. The maximum Gasteiger partial charge on any atom is 0.254 e. The Balaban J connectivity index is 1.06. The van der Waals surface area contributed by atoms with Crippen molar-refractivity contribution in [2.45, 2.75) is 44.8 Å². The number of aromatic nitrogens is 4. The summed E-state index contributed by atoms with van der Waals surface area (Å²) in [5.74, 6) is 5.04. The summed E-state index contributed by atoms with van der Waals surface area (Å²) in [5, 5.41) is 10.3. The summed E-state index contributed by atoms with van der Waals surface area (Å²) in [6.45, 7) is 4.41. The first-order valence-corrected chi connectivity index (χ1v) is 17.1. The van der Waals surface area contributed by atoms with Crippen LogP contribution in [-0.2, 0) is 13.1 Å². The van der Waals surface area contributed by atoms with Crippen LogP contribution in [0, 0.1) is 40.9 Å². The second-order valence-corrected chi connectivity index (χ2v) is 14.6. The number of nitriles is 1. The highest BCUT2D eigenvalue weighted by atomic mass is 16.5. The molecule has 5 aliphatic rings. The molecule has 0 spiro atoms. The molecular formula is C38H37N7O2. The SMILES string of the molecule is COc1cc(C(=O)N2CC3CC4CC2[C@H]43)cc2nc(-c3cc4cccnc4n3CC3CC3)n(CC3CN(c4ccc(C#N)cc4)C3)c12. The lowest BCUT2D eigenvalue weighted by atomic mass is 9.53. The Hall–Kier alpha value is -4.84.